The molecule has 1 aliphatic rings. The Hall–Kier alpha value is -2.31. The first-order valence-corrected chi connectivity index (χ1v) is 8.37. The number of nitrogens with one attached hydrogen (secondary N) is 1. The van der Waals surface area contributed by atoms with E-state index in [1.54, 1.807) is 12.1 Å². The van der Waals surface area contributed by atoms with E-state index >= 15 is 0 Å². The Labute approximate surface area is 145 Å². The number of alkyl halides is 3. The summed E-state index contributed by atoms with van der Waals surface area (Å²) in [6.07, 6.45) is -2.29. The number of aryl methyl sites for hydroxylation is 1. The van der Waals surface area contributed by atoms with Crippen molar-refractivity contribution >= 4 is 17.5 Å². The lowest BCUT2D eigenvalue weighted by atomic mass is 10.00. The van der Waals surface area contributed by atoms with Crippen LogP contribution in [0.25, 0.3) is 0 Å². The van der Waals surface area contributed by atoms with Crippen molar-refractivity contribution in [2.24, 2.45) is 5.92 Å². The number of halogens is 3. The quantitative estimate of drug-likeness (QED) is 0.865. The Morgan fingerprint density at radius 1 is 1.12 bits per heavy atom. The molecule has 0 saturated carbocycles. The third-order valence-corrected chi connectivity index (χ3v) is 4.40. The van der Waals surface area contributed by atoms with Crippen LogP contribution in [0.5, 0.6) is 0 Å². The van der Waals surface area contributed by atoms with E-state index < -0.39 is 11.7 Å². The van der Waals surface area contributed by atoms with Crippen molar-refractivity contribution in [3.8, 4) is 0 Å². The molecular weight excluding hydrogens is 329 g/mol. The van der Waals surface area contributed by atoms with Crippen LogP contribution in [0.2, 0.25) is 0 Å². The molecule has 3 rings (SSSR count). The minimum Gasteiger partial charge on any atom is -0.341 e. The molecule has 0 unspecified atom stereocenters. The number of nitrogens with zero attached hydrogens (tertiary/aromatic N) is 3. The van der Waals surface area contributed by atoms with Crippen molar-refractivity contribution < 1.29 is 13.2 Å². The Kier molecular flexibility index (Phi) is 4.83. The van der Waals surface area contributed by atoms with Crippen molar-refractivity contribution in [3.63, 3.8) is 0 Å². The lowest BCUT2D eigenvalue weighted by Gasteiger charge is -2.30. The highest BCUT2D eigenvalue weighted by molar-refractivity contribution is 5.62. The van der Waals surface area contributed by atoms with Gasteiger partial charge in [0, 0.05) is 24.8 Å². The Morgan fingerprint density at radius 3 is 2.48 bits per heavy atom. The van der Waals surface area contributed by atoms with E-state index in [9.17, 15) is 13.2 Å². The maximum absolute atomic E-state index is 13.2. The maximum atomic E-state index is 13.2. The lowest BCUT2D eigenvalue weighted by molar-refractivity contribution is -0.136. The fourth-order valence-electron chi connectivity index (χ4n) is 2.94. The number of para-hydroxylation sites is 1. The van der Waals surface area contributed by atoms with Gasteiger partial charge in [0.05, 0.1) is 11.3 Å². The van der Waals surface area contributed by atoms with Gasteiger partial charge in [0.15, 0.2) is 0 Å². The average Bonchev–Trinajstić information content (AvgIpc) is 2.54. The number of hydrogen-bond acceptors (Lipinski definition) is 4. The van der Waals surface area contributed by atoms with Crippen molar-refractivity contribution in [2.45, 2.75) is 32.9 Å². The molecule has 1 fully saturated rings. The van der Waals surface area contributed by atoms with E-state index in [2.05, 4.69) is 27.1 Å². The summed E-state index contributed by atoms with van der Waals surface area (Å²) in [6, 6.07) is 7.06. The molecular formula is C18H21F3N4. The number of aromatic nitrogens is 2. The second kappa shape index (κ2) is 6.90. The smallest absolute Gasteiger partial charge is 0.341 e. The zero-order chi connectivity index (χ0) is 18.0. The van der Waals surface area contributed by atoms with Gasteiger partial charge in [0.25, 0.3) is 0 Å². The predicted molar refractivity (Wildman–Crippen MR) is 92.1 cm³/mol. The molecule has 0 bridgehead atoms. The van der Waals surface area contributed by atoms with Crippen LogP contribution in [0.15, 0.2) is 30.3 Å². The van der Waals surface area contributed by atoms with Gasteiger partial charge in [-0.2, -0.15) is 18.2 Å². The lowest BCUT2D eigenvalue weighted by Crippen LogP contribution is -2.34. The van der Waals surface area contributed by atoms with Gasteiger partial charge in [-0.3, -0.25) is 0 Å². The van der Waals surface area contributed by atoms with E-state index in [-0.39, 0.29) is 5.69 Å². The molecule has 2 aromatic rings. The first-order chi connectivity index (χ1) is 11.8. The van der Waals surface area contributed by atoms with Crippen LogP contribution in [0.4, 0.5) is 30.6 Å². The molecule has 1 aliphatic heterocycles. The van der Waals surface area contributed by atoms with Crippen LogP contribution in [0.1, 0.15) is 31.0 Å². The van der Waals surface area contributed by atoms with Crippen LogP contribution in [0.3, 0.4) is 0 Å². The molecule has 0 radical (unpaired) electrons. The summed E-state index contributed by atoms with van der Waals surface area (Å²) in [4.78, 5) is 11.0. The zero-order valence-electron chi connectivity index (χ0n) is 14.3. The third-order valence-electron chi connectivity index (χ3n) is 4.40. The molecule has 134 valence electrons. The molecule has 2 heterocycles. The number of rotatable bonds is 3. The van der Waals surface area contributed by atoms with Crippen molar-refractivity contribution in [1.29, 1.82) is 0 Å². The highest BCUT2D eigenvalue weighted by Crippen LogP contribution is 2.35. The standard InChI is InChI=1S/C18H21F3N4/c1-12-7-9-25(10-8-12)17-22-13(2)11-16(24-17)23-15-6-4-3-5-14(15)18(19,20)21/h3-6,11-12H,7-10H2,1-2H3,(H,22,23,24). The van der Waals surface area contributed by atoms with Gasteiger partial charge in [-0.1, -0.05) is 19.1 Å². The Bertz CT molecular complexity index is 737. The van der Waals surface area contributed by atoms with Gasteiger partial charge in [0.2, 0.25) is 5.95 Å². The minimum absolute atomic E-state index is 0.00804. The van der Waals surface area contributed by atoms with Crippen LogP contribution < -0.4 is 10.2 Å². The average molecular weight is 350 g/mol. The molecule has 1 aromatic carbocycles. The highest BCUT2D eigenvalue weighted by Gasteiger charge is 2.33. The van der Waals surface area contributed by atoms with Crippen LogP contribution >= 0.6 is 0 Å². The Morgan fingerprint density at radius 2 is 1.80 bits per heavy atom. The van der Waals surface area contributed by atoms with E-state index in [0.29, 0.717) is 17.7 Å². The summed E-state index contributed by atoms with van der Waals surface area (Å²) in [6.45, 7) is 5.76. The summed E-state index contributed by atoms with van der Waals surface area (Å²) in [5.74, 6) is 1.62. The largest absolute Gasteiger partial charge is 0.418 e. The zero-order valence-corrected chi connectivity index (χ0v) is 14.3. The Balaban J connectivity index is 1.87. The van der Waals surface area contributed by atoms with Gasteiger partial charge >= 0.3 is 6.18 Å². The van der Waals surface area contributed by atoms with Crippen molar-refractivity contribution in [1.82, 2.24) is 9.97 Å². The van der Waals surface area contributed by atoms with Gasteiger partial charge in [-0.15, -0.1) is 0 Å². The van der Waals surface area contributed by atoms with Gasteiger partial charge < -0.3 is 10.2 Å². The molecule has 0 amide bonds. The summed E-state index contributed by atoms with van der Waals surface area (Å²) in [5, 5.41) is 2.81. The van der Waals surface area contributed by atoms with Crippen LogP contribution in [0, 0.1) is 12.8 Å². The van der Waals surface area contributed by atoms with Gasteiger partial charge in [0.1, 0.15) is 5.82 Å². The second-order valence-electron chi connectivity index (χ2n) is 6.53. The number of piperidine rings is 1. The second-order valence-corrected chi connectivity index (χ2v) is 6.53. The number of hydrogen-bond donors (Lipinski definition) is 1. The molecule has 25 heavy (non-hydrogen) atoms. The van der Waals surface area contributed by atoms with Crippen molar-refractivity contribution in [3.05, 3.63) is 41.6 Å². The fraction of sp³-hybridized carbons (Fsp3) is 0.444. The minimum atomic E-state index is -4.42. The SMILES string of the molecule is Cc1cc(Nc2ccccc2C(F)(F)F)nc(N2CCC(C)CC2)n1. The third kappa shape index (κ3) is 4.21. The van der Waals surface area contributed by atoms with E-state index in [0.717, 1.165) is 37.7 Å². The van der Waals surface area contributed by atoms with E-state index in [1.165, 1.54) is 12.1 Å². The molecule has 1 aromatic heterocycles. The normalized spacial score (nSPS) is 16.1. The first-order valence-electron chi connectivity index (χ1n) is 8.37. The predicted octanol–water partition coefficient (Wildman–Crippen LogP) is 4.78. The number of anilines is 3. The molecule has 1 N–H and O–H groups in total. The summed E-state index contributed by atoms with van der Waals surface area (Å²) >= 11 is 0. The van der Waals surface area contributed by atoms with E-state index in [4.69, 9.17) is 0 Å². The first kappa shape index (κ1) is 17.5. The summed E-state index contributed by atoms with van der Waals surface area (Å²) < 4.78 is 39.5. The fourth-order valence-corrected chi connectivity index (χ4v) is 2.94. The molecule has 0 aliphatic carbocycles. The summed E-state index contributed by atoms with van der Waals surface area (Å²) in [7, 11) is 0. The molecule has 4 nitrogen and oxygen atoms in total. The van der Waals surface area contributed by atoms with Gasteiger partial charge in [-0.25, -0.2) is 4.98 Å². The van der Waals surface area contributed by atoms with Crippen molar-refractivity contribution in [2.75, 3.05) is 23.3 Å². The topological polar surface area (TPSA) is 41.1 Å². The summed E-state index contributed by atoms with van der Waals surface area (Å²) in [5.41, 5.74) is 0.00143. The molecule has 0 spiro atoms. The highest BCUT2D eigenvalue weighted by atomic mass is 19.4. The monoisotopic (exact) mass is 350 g/mol. The molecule has 7 heteroatoms. The number of benzene rings is 1. The maximum Gasteiger partial charge on any atom is 0.418 e. The van der Waals surface area contributed by atoms with Crippen LogP contribution in [-0.4, -0.2) is 23.1 Å². The molecule has 1 saturated heterocycles. The van der Waals surface area contributed by atoms with E-state index in [1.807, 2.05) is 6.92 Å². The molecule has 0 atom stereocenters. The van der Waals surface area contributed by atoms with Crippen LogP contribution in [-0.2, 0) is 6.18 Å². The van der Waals surface area contributed by atoms with Gasteiger partial charge in [-0.05, 0) is 37.8 Å².